The Hall–Kier alpha value is -2.87. The molecular formula is C22H27N3O4S. The Morgan fingerprint density at radius 1 is 1.07 bits per heavy atom. The maximum absolute atomic E-state index is 12.9. The van der Waals surface area contributed by atoms with Gasteiger partial charge in [-0.15, -0.1) is 0 Å². The first-order valence-corrected chi connectivity index (χ1v) is 11.7. The topological polar surface area (TPSA) is 95.6 Å². The van der Waals surface area contributed by atoms with E-state index in [1.54, 1.807) is 48.5 Å². The molecule has 0 aliphatic carbocycles. The quantitative estimate of drug-likeness (QED) is 0.736. The van der Waals surface area contributed by atoms with E-state index in [1.165, 1.54) is 4.31 Å². The summed E-state index contributed by atoms with van der Waals surface area (Å²) in [5.41, 5.74) is 1.58. The highest BCUT2D eigenvalue weighted by atomic mass is 32.2. The fraction of sp³-hybridized carbons (Fsp3) is 0.364. The molecule has 30 heavy (non-hydrogen) atoms. The van der Waals surface area contributed by atoms with E-state index >= 15 is 0 Å². The summed E-state index contributed by atoms with van der Waals surface area (Å²) in [6.45, 7) is 4.30. The van der Waals surface area contributed by atoms with Crippen LogP contribution in [-0.4, -0.2) is 38.6 Å². The van der Waals surface area contributed by atoms with Gasteiger partial charge in [0.05, 0.1) is 22.7 Å². The summed E-state index contributed by atoms with van der Waals surface area (Å²) in [5, 5.41) is 5.68. The number of para-hydroxylation sites is 1. The number of carbonyl (C=O) groups excluding carboxylic acids is 2. The standard InChI is InChI=1S/C22H27N3O4S/c1-3-16(2)23-22(27)19-11-4-5-12-20(19)24-21(26)17-9-8-10-18(15-17)25-13-6-7-14-30(25,28)29/h4-5,8-12,15-16H,3,6-7,13-14H2,1-2H3,(H,23,27)(H,24,26)/t16-/m1/s1. The van der Waals surface area contributed by atoms with Gasteiger partial charge in [0.2, 0.25) is 10.0 Å². The molecule has 0 bridgehead atoms. The zero-order chi connectivity index (χ0) is 21.7. The number of rotatable bonds is 6. The minimum absolute atomic E-state index is 0.0180. The lowest BCUT2D eigenvalue weighted by molar-refractivity contribution is 0.0940. The molecule has 1 aliphatic rings. The molecule has 2 aromatic rings. The molecule has 2 aromatic carbocycles. The summed E-state index contributed by atoms with van der Waals surface area (Å²) >= 11 is 0. The van der Waals surface area contributed by atoms with E-state index in [-0.39, 0.29) is 17.7 Å². The Balaban J connectivity index is 1.82. The Bertz CT molecular complexity index is 1040. The van der Waals surface area contributed by atoms with Crippen LogP contribution in [0.25, 0.3) is 0 Å². The molecule has 1 fully saturated rings. The van der Waals surface area contributed by atoms with Crippen molar-refractivity contribution < 1.29 is 18.0 Å². The van der Waals surface area contributed by atoms with Crippen LogP contribution < -0.4 is 14.9 Å². The third kappa shape index (κ3) is 4.99. The SMILES string of the molecule is CC[C@@H](C)NC(=O)c1ccccc1NC(=O)c1cccc(N2CCCCS2(=O)=O)c1. The number of hydrogen-bond donors (Lipinski definition) is 2. The van der Waals surface area contributed by atoms with Crippen LogP contribution in [0, 0.1) is 0 Å². The van der Waals surface area contributed by atoms with Gasteiger partial charge in [-0.1, -0.05) is 25.1 Å². The van der Waals surface area contributed by atoms with Crippen molar-refractivity contribution in [3.05, 3.63) is 59.7 Å². The van der Waals surface area contributed by atoms with E-state index in [0.717, 1.165) is 12.8 Å². The van der Waals surface area contributed by atoms with Crippen molar-refractivity contribution in [3.8, 4) is 0 Å². The molecule has 2 amide bonds. The summed E-state index contributed by atoms with van der Waals surface area (Å²) in [6.07, 6.45) is 2.23. The van der Waals surface area contributed by atoms with Gasteiger partial charge in [0.15, 0.2) is 0 Å². The molecule has 0 radical (unpaired) electrons. The van der Waals surface area contributed by atoms with Crippen molar-refractivity contribution in [2.75, 3.05) is 21.9 Å². The maximum atomic E-state index is 12.9. The highest BCUT2D eigenvalue weighted by molar-refractivity contribution is 7.92. The van der Waals surface area contributed by atoms with E-state index in [2.05, 4.69) is 10.6 Å². The molecule has 2 N–H and O–H groups in total. The number of amides is 2. The third-order valence-electron chi connectivity index (χ3n) is 5.16. The summed E-state index contributed by atoms with van der Waals surface area (Å²) < 4.78 is 26.1. The van der Waals surface area contributed by atoms with Gasteiger partial charge in [-0.3, -0.25) is 13.9 Å². The Kier molecular flexibility index (Phi) is 6.77. The number of sulfonamides is 1. The van der Waals surface area contributed by atoms with Gasteiger partial charge in [-0.05, 0) is 56.5 Å². The minimum Gasteiger partial charge on any atom is -0.350 e. The molecular weight excluding hydrogens is 402 g/mol. The normalized spacial score (nSPS) is 16.5. The number of benzene rings is 2. The highest BCUT2D eigenvalue weighted by Gasteiger charge is 2.26. The first-order chi connectivity index (χ1) is 14.3. The number of nitrogens with one attached hydrogen (secondary N) is 2. The van der Waals surface area contributed by atoms with Crippen LogP contribution in [0.2, 0.25) is 0 Å². The summed E-state index contributed by atoms with van der Waals surface area (Å²) in [6, 6.07) is 13.4. The highest BCUT2D eigenvalue weighted by Crippen LogP contribution is 2.25. The van der Waals surface area contributed by atoms with Gasteiger partial charge in [-0.25, -0.2) is 8.42 Å². The molecule has 7 nitrogen and oxygen atoms in total. The van der Waals surface area contributed by atoms with Crippen LogP contribution in [0.5, 0.6) is 0 Å². The molecule has 1 heterocycles. The molecule has 1 saturated heterocycles. The molecule has 1 aliphatic heterocycles. The van der Waals surface area contributed by atoms with Crippen LogP contribution in [0.15, 0.2) is 48.5 Å². The fourth-order valence-electron chi connectivity index (χ4n) is 3.27. The predicted octanol–water partition coefficient (Wildman–Crippen LogP) is 3.40. The predicted molar refractivity (Wildman–Crippen MR) is 118 cm³/mol. The lowest BCUT2D eigenvalue weighted by Crippen LogP contribution is -2.37. The molecule has 1 atom stereocenters. The smallest absolute Gasteiger partial charge is 0.255 e. The van der Waals surface area contributed by atoms with Crippen LogP contribution in [0.1, 0.15) is 53.8 Å². The van der Waals surface area contributed by atoms with Crippen LogP contribution in [0.4, 0.5) is 11.4 Å². The van der Waals surface area contributed by atoms with Crippen molar-refractivity contribution in [3.63, 3.8) is 0 Å². The van der Waals surface area contributed by atoms with Gasteiger partial charge in [0.1, 0.15) is 0 Å². The van der Waals surface area contributed by atoms with Gasteiger partial charge in [0.25, 0.3) is 11.8 Å². The zero-order valence-corrected chi connectivity index (χ0v) is 18.0. The fourth-order valence-corrected chi connectivity index (χ4v) is 4.90. The van der Waals surface area contributed by atoms with Crippen LogP contribution >= 0.6 is 0 Å². The lowest BCUT2D eigenvalue weighted by atomic mass is 10.1. The van der Waals surface area contributed by atoms with Crippen LogP contribution in [-0.2, 0) is 10.0 Å². The summed E-state index contributed by atoms with van der Waals surface area (Å²) in [4.78, 5) is 25.4. The molecule has 0 unspecified atom stereocenters. The Morgan fingerprint density at radius 2 is 1.83 bits per heavy atom. The summed E-state index contributed by atoms with van der Waals surface area (Å²) in [7, 11) is -3.36. The first kappa shape index (κ1) is 21.8. The average molecular weight is 430 g/mol. The van der Waals surface area contributed by atoms with Gasteiger partial charge in [0, 0.05) is 18.2 Å². The number of hydrogen-bond acceptors (Lipinski definition) is 4. The summed E-state index contributed by atoms with van der Waals surface area (Å²) in [5.74, 6) is -0.550. The Labute approximate surface area is 177 Å². The Morgan fingerprint density at radius 3 is 2.57 bits per heavy atom. The van der Waals surface area contributed by atoms with Crippen molar-refractivity contribution in [2.24, 2.45) is 0 Å². The third-order valence-corrected chi connectivity index (χ3v) is 7.02. The van der Waals surface area contributed by atoms with E-state index in [1.807, 2.05) is 13.8 Å². The van der Waals surface area contributed by atoms with Crippen molar-refractivity contribution >= 4 is 33.2 Å². The van der Waals surface area contributed by atoms with E-state index in [4.69, 9.17) is 0 Å². The second kappa shape index (κ2) is 9.30. The van der Waals surface area contributed by atoms with E-state index in [9.17, 15) is 18.0 Å². The lowest BCUT2D eigenvalue weighted by Gasteiger charge is -2.28. The monoisotopic (exact) mass is 429 g/mol. The largest absolute Gasteiger partial charge is 0.350 e. The van der Waals surface area contributed by atoms with Crippen molar-refractivity contribution in [1.82, 2.24) is 5.32 Å². The van der Waals surface area contributed by atoms with Gasteiger partial charge < -0.3 is 10.6 Å². The first-order valence-electron chi connectivity index (χ1n) is 10.1. The molecule has 0 aromatic heterocycles. The number of carbonyl (C=O) groups is 2. The molecule has 0 saturated carbocycles. The molecule has 8 heteroatoms. The maximum Gasteiger partial charge on any atom is 0.255 e. The number of anilines is 2. The van der Waals surface area contributed by atoms with Crippen molar-refractivity contribution in [2.45, 2.75) is 39.2 Å². The molecule has 3 rings (SSSR count). The van der Waals surface area contributed by atoms with E-state index < -0.39 is 15.9 Å². The van der Waals surface area contributed by atoms with E-state index in [0.29, 0.717) is 35.5 Å². The zero-order valence-electron chi connectivity index (χ0n) is 17.2. The second-order valence-electron chi connectivity index (χ2n) is 7.43. The minimum atomic E-state index is -3.36. The second-order valence-corrected chi connectivity index (χ2v) is 9.44. The van der Waals surface area contributed by atoms with Crippen LogP contribution in [0.3, 0.4) is 0 Å². The molecule has 160 valence electrons. The van der Waals surface area contributed by atoms with Crippen molar-refractivity contribution in [1.29, 1.82) is 0 Å². The van der Waals surface area contributed by atoms with Gasteiger partial charge >= 0.3 is 0 Å². The van der Waals surface area contributed by atoms with Gasteiger partial charge in [-0.2, -0.15) is 0 Å². The number of nitrogens with zero attached hydrogens (tertiary/aromatic N) is 1. The molecule has 0 spiro atoms. The average Bonchev–Trinajstić information content (AvgIpc) is 2.73.